The Morgan fingerprint density at radius 2 is 1.52 bits per heavy atom. The second kappa shape index (κ2) is 10.2. The number of nitrogens with two attached hydrogens (primary N) is 1. The molecule has 0 aliphatic rings. The molecule has 1 rings (SSSR count). The number of hydrogen-bond acceptors (Lipinski definition) is 6. The molecule has 0 saturated carbocycles. The number of nitrogens with one attached hydrogen (secondary N) is 1. The Morgan fingerprint density at radius 1 is 0.905 bits per heavy atom. The van der Waals surface area contributed by atoms with Gasteiger partial charge in [0.1, 0.15) is 0 Å². The molecule has 3 N–H and O–H groups in total. The van der Waals surface area contributed by atoms with Crippen LogP contribution in [0.4, 0.5) is 17.8 Å². The zero-order valence-corrected chi connectivity index (χ0v) is 13.7. The van der Waals surface area contributed by atoms with Crippen molar-refractivity contribution in [3.63, 3.8) is 0 Å². The van der Waals surface area contributed by atoms with Gasteiger partial charge in [-0.15, -0.1) is 0 Å². The number of anilines is 3. The molecule has 0 aromatic carbocycles. The van der Waals surface area contributed by atoms with Crippen LogP contribution in [0.3, 0.4) is 0 Å². The van der Waals surface area contributed by atoms with Crippen LogP contribution in [0.2, 0.25) is 0 Å². The van der Waals surface area contributed by atoms with E-state index in [0.717, 1.165) is 13.0 Å². The molecule has 0 aliphatic carbocycles. The van der Waals surface area contributed by atoms with Crippen LogP contribution < -0.4 is 16.0 Å². The SMILES string of the molecule is CCCCCCCCCCNc1nc(N)nc(N(C)C)n1. The molecule has 1 aromatic rings. The zero-order chi connectivity index (χ0) is 15.5. The summed E-state index contributed by atoms with van der Waals surface area (Å²) in [5.41, 5.74) is 5.68. The maximum absolute atomic E-state index is 5.68. The molecule has 0 aliphatic heterocycles. The van der Waals surface area contributed by atoms with Gasteiger partial charge in [0.25, 0.3) is 0 Å². The number of hydrogen-bond donors (Lipinski definition) is 2. The smallest absolute Gasteiger partial charge is 0.231 e. The van der Waals surface area contributed by atoms with Gasteiger partial charge in [-0.1, -0.05) is 51.9 Å². The van der Waals surface area contributed by atoms with E-state index in [1.807, 2.05) is 19.0 Å². The molecule has 0 unspecified atom stereocenters. The van der Waals surface area contributed by atoms with Crippen LogP contribution >= 0.6 is 0 Å². The summed E-state index contributed by atoms with van der Waals surface area (Å²) < 4.78 is 0. The molecule has 0 atom stereocenters. The summed E-state index contributed by atoms with van der Waals surface area (Å²) in [5.74, 6) is 1.40. The van der Waals surface area contributed by atoms with Gasteiger partial charge in [0, 0.05) is 20.6 Å². The topological polar surface area (TPSA) is 80.0 Å². The maximum atomic E-state index is 5.68. The number of nitrogen functional groups attached to an aromatic ring is 1. The van der Waals surface area contributed by atoms with Crippen molar-refractivity contribution in [2.45, 2.75) is 58.3 Å². The minimum atomic E-state index is 0.257. The summed E-state index contributed by atoms with van der Waals surface area (Å²) in [4.78, 5) is 14.3. The van der Waals surface area contributed by atoms with E-state index in [-0.39, 0.29) is 5.95 Å². The van der Waals surface area contributed by atoms with Crippen LogP contribution in [0.25, 0.3) is 0 Å². The van der Waals surface area contributed by atoms with E-state index in [4.69, 9.17) is 5.73 Å². The molecule has 0 amide bonds. The fourth-order valence-corrected chi connectivity index (χ4v) is 2.12. The monoisotopic (exact) mass is 294 g/mol. The summed E-state index contributed by atoms with van der Waals surface area (Å²) in [6, 6.07) is 0. The van der Waals surface area contributed by atoms with Gasteiger partial charge in [0.05, 0.1) is 0 Å². The quantitative estimate of drug-likeness (QED) is 0.611. The summed E-state index contributed by atoms with van der Waals surface area (Å²) in [6.07, 6.45) is 10.5. The lowest BCUT2D eigenvalue weighted by Gasteiger charge is -2.12. The van der Waals surface area contributed by atoms with Crippen LogP contribution in [0, 0.1) is 0 Å². The molecule has 1 heterocycles. The van der Waals surface area contributed by atoms with Gasteiger partial charge in [-0.05, 0) is 6.42 Å². The van der Waals surface area contributed by atoms with E-state index in [2.05, 4.69) is 27.2 Å². The van der Waals surface area contributed by atoms with Crippen molar-refractivity contribution in [1.82, 2.24) is 15.0 Å². The van der Waals surface area contributed by atoms with Crippen LogP contribution in [-0.2, 0) is 0 Å². The van der Waals surface area contributed by atoms with Crippen molar-refractivity contribution >= 4 is 17.8 Å². The highest BCUT2D eigenvalue weighted by Crippen LogP contribution is 2.10. The Balaban J connectivity index is 2.15. The maximum Gasteiger partial charge on any atom is 0.231 e. The predicted molar refractivity (Wildman–Crippen MR) is 89.7 cm³/mol. The first-order chi connectivity index (χ1) is 10.1. The highest BCUT2D eigenvalue weighted by atomic mass is 15.3. The molecule has 0 radical (unpaired) electrons. The van der Waals surface area contributed by atoms with Gasteiger partial charge in [-0.25, -0.2) is 0 Å². The fraction of sp³-hybridized carbons (Fsp3) is 0.800. The number of rotatable bonds is 11. The molecule has 6 nitrogen and oxygen atoms in total. The Labute approximate surface area is 128 Å². The van der Waals surface area contributed by atoms with Crippen LogP contribution in [-0.4, -0.2) is 35.6 Å². The number of aromatic nitrogens is 3. The largest absolute Gasteiger partial charge is 0.368 e. The van der Waals surface area contributed by atoms with Crippen molar-refractivity contribution in [2.24, 2.45) is 0 Å². The molecule has 0 spiro atoms. The molecule has 6 heteroatoms. The second-order valence-corrected chi connectivity index (χ2v) is 5.61. The van der Waals surface area contributed by atoms with Crippen molar-refractivity contribution < 1.29 is 0 Å². The third kappa shape index (κ3) is 7.68. The molecule has 120 valence electrons. The van der Waals surface area contributed by atoms with Gasteiger partial charge in [-0.3, -0.25) is 0 Å². The predicted octanol–water partition coefficient (Wildman–Crippen LogP) is 3.07. The molecular weight excluding hydrogens is 264 g/mol. The molecule has 0 saturated heterocycles. The van der Waals surface area contributed by atoms with Crippen LogP contribution in [0.15, 0.2) is 0 Å². The van der Waals surface area contributed by atoms with Crippen molar-refractivity contribution in [1.29, 1.82) is 0 Å². The summed E-state index contributed by atoms with van der Waals surface area (Å²) in [6.45, 7) is 3.13. The zero-order valence-electron chi connectivity index (χ0n) is 13.7. The van der Waals surface area contributed by atoms with Crippen LogP contribution in [0.1, 0.15) is 58.3 Å². The highest BCUT2D eigenvalue weighted by molar-refractivity contribution is 5.40. The van der Waals surface area contributed by atoms with Gasteiger partial charge in [-0.2, -0.15) is 15.0 Å². The standard InChI is InChI=1S/C15H30N6/c1-4-5-6-7-8-9-10-11-12-17-14-18-13(16)19-15(20-14)21(2)3/h4-12H2,1-3H3,(H3,16,17,18,19,20). The minimum absolute atomic E-state index is 0.257. The van der Waals surface area contributed by atoms with Crippen LogP contribution in [0.5, 0.6) is 0 Å². The first kappa shape index (κ1) is 17.5. The molecular formula is C15H30N6. The Hall–Kier alpha value is -1.59. The Kier molecular flexibility index (Phi) is 8.47. The normalized spacial score (nSPS) is 10.6. The highest BCUT2D eigenvalue weighted by Gasteiger charge is 2.05. The van der Waals surface area contributed by atoms with E-state index in [1.54, 1.807) is 0 Å². The third-order valence-corrected chi connectivity index (χ3v) is 3.35. The first-order valence-corrected chi connectivity index (χ1v) is 8.06. The molecule has 0 fully saturated rings. The number of unbranched alkanes of at least 4 members (excludes halogenated alkanes) is 7. The Morgan fingerprint density at radius 3 is 2.14 bits per heavy atom. The van der Waals surface area contributed by atoms with Gasteiger partial charge < -0.3 is 16.0 Å². The molecule has 0 bridgehead atoms. The second-order valence-electron chi connectivity index (χ2n) is 5.61. The van der Waals surface area contributed by atoms with E-state index < -0.39 is 0 Å². The van der Waals surface area contributed by atoms with E-state index >= 15 is 0 Å². The Bertz CT molecular complexity index is 394. The van der Waals surface area contributed by atoms with Crippen molar-refractivity contribution in [3.05, 3.63) is 0 Å². The van der Waals surface area contributed by atoms with E-state index in [1.165, 1.54) is 44.9 Å². The van der Waals surface area contributed by atoms with E-state index in [9.17, 15) is 0 Å². The fourth-order valence-electron chi connectivity index (χ4n) is 2.12. The average molecular weight is 294 g/mol. The minimum Gasteiger partial charge on any atom is -0.368 e. The number of nitrogens with zero attached hydrogens (tertiary/aromatic N) is 4. The van der Waals surface area contributed by atoms with Gasteiger partial charge >= 0.3 is 0 Å². The lowest BCUT2D eigenvalue weighted by molar-refractivity contribution is 0.580. The lowest BCUT2D eigenvalue weighted by atomic mass is 10.1. The summed E-state index contributed by atoms with van der Waals surface area (Å²) >= 11 is 0. The summed E-state index contributed by atoms with van der Waals surface area (Å²) in [5, 5.41) is 3.22. The van der Waals surface area contributed by atoms with Crippen molar-refractivity contribution in [2.75, 3.05) is 36.6 Å². The van der Waals surface area contributed by atoms with Crippen molar-refractivity contribution in [3.8, 4) is 0 Å². The molecule has 21 heavy (non-hydrogen) atoms. The third-order valence-electron chi connectivity index (χ3n) is 3.35. The first-order valence-electron chi connectivity index (χ1n) is 8.06. The van der Waals surface area contributed by atoms with Gasteiger partial charge in [0.15, 0.2) is 0 Å². The molecule has 1 aromatic heterocycles. The van der Waals surface area contributed by atoms with E-state index in [0.29, 0.717) is 11.9 Å². The summed E-state index contributed by atoms with van der Waals surface area (Å²) in [7, 11) is 3.77. The van der Waals surface area contributed by atoms with Gasteiger partial charge in [0.2, 0.25) is 17.8 Å². The average Bonchev–Trinajstić information content (AvgIpc) is 2.45. The lowest BCUT2D eigenvalue weighted by Crippen LogP contribution is -2.16.